The number of nitrogens with one attached hydrogen (secondary N) is 3. The quantitative estimate of drug-likeness (QED) is 0.330. The molecule has 2 aromatic rings. The Kier molecular flexibility index (Phi) is 11.0. The molecule has 0 saturated heterocycles. The Morgan fingerprint density at radius 1 is 0.927 bits per heavy atom. The number of amides is 3. The van der Waals surface area contributed by atoms with Crippen molar-refractivity contribution in [3.8, 4) is 5.75 Å². The fourth-order valence-electron chi connectivity index (χ4n) is 5.04. The summed E-state index contributed by atoms with van der Waals surface area (Å²) in [6.07, 6.45) is 0.804. The second-order valence-electron chi connectivity index (χ2n) is 11.3. The molecule has 8 nitrogen and oxygen atoms in total. The van der Waals surface area contributed by atoms with E-state index in [-0.39, 0.29) is 60.8 Å². The van der Waals surface area contributed by atoms with Gasteiger partial charge in [-0.3, -0.25) is 19.2 Å². The third kappa shape index (κ3) is 8.58. The molecule has 222 valence electrons. The van der Waals surface area contributed by atoms with Gasteiger partial charge in [0.1, 0.15) is 29.5 Å². The molecule has 0 aromatic heterocycles. The minimum atomic E-state index is -0.976. The van der Waals surface area contributed by atoms with Crippen molar-refractivity contribution in [3.05, 3.63) is 64.7 Å². The van der Waals surface area contributed by atoms with E-state index < -0.39 is 35.5 Å². The number of benzene rings is 2. The molecule has 1 aliphatic carbocycles. The van der Waals surface area contributed by atoms with E-state index >= 15 is 0 Å². The molecule has 0 radical (unpaired) electrons. The molecule has 41 heavy (non-hydrogen) atoms. The van der Waals surface area contributed by atoms with Crippen LogP contribution in [0.4, 0.5) is 8.78 Å². The summed E-state index contributed by atoms with van der Waals surface area (Å²) in [4.78, 5) is 51.9. The lowest BCUT2D eigenvalue weighted by molar-refractivity contribution is -0.132. The molecule has 0 fully saturated rings. The van der Waals surface area contributed by atoms with E-state index in [9.17, 15) is 28.0 Å². The van der Waals surface area contributed by atoms with Crippen LogP contribution in [-0.2, 0) is 20.9 Å². The zero-order valence-corrected chi connectivity index (χ0v) is 24.2. The van der Waals surface area contributed by atoms with Gasteiger partial charge in [-0.1, -0.05) is 33.8 Å². The van der Waals surface area contributed by atoms with E-state index in [1.54, 1.807) is 18.2 Å². The second-order valence-corrected chi connectivity index (χ2v) is 11.3. The third-order valence-corrected chi connectivity index (χ3v) is 7.06. The number of hydrogen-bond donors (Lipinski definition) is 3. The van der Waals surface area contributed by atoms with Gasteiger partial charge in [0, 0.05) is 36.4 Å². The Balaban J connectivity index is 1.69. The predicted octanol–water partition coefficient (Wildman–Crippen LogP) is 4.41. The van der Waals surface area contributed by atoms with Crippen molar-refractivity contribution in [1.29, 1.82) is 0 Å². The third-order valence-electron chi connectivity index (χ3n) is 7.06. The molecule has 3 rings (SSSR count). The topological polar surface area (TPSA) is 114 Å². The van der Waals surface area contributed by atoms with Crippen LogP contribution in [0, 0.1) is 23.5 Å². The van der Waals surface area contributed by atoms with Crippen molar-refractivity contribution in [2.75, 3.05) is 7.11 Å². The molecule has 0 saturated carbocycles. The number of carbonyl (C=O) groups excluding carboxylic acids is 4. The number of ether oxygens (including phenoxy) is 1. The van der Waals surface area contributed by atoms with Crippen molar-refractivity contribution in [3.63, 3.8) is 0 Å². The SMILES string of the molecule is COc1ccc2c(c1)C(CC(=O)NC(CC(C)C)C(=O)N[C@H](CC(C)C)C(=O)NCc1c(F)cccc1F)CC2=O. The maximum absolute atomic E-state index is 14.0. The molecule has 0 bridgehead atoms. The van der Waals surface area contributed by atoms with Gasteiger partial charge >= 0.3 is 0 Å². The highest BCUT2D eigenvalue weighted by Crippen LogP contribution is 2.37. The Bertz CT molecular complexity index is 1260. The highest BCUT2D eigenvalue weighted by atomic mass is 19.1. The van der Waals surface area contributed by atoms with Crippen LogP contribution >= 0.6 is 0 Å². The molecule has 3 atom stereocenters. The van der Waals surface area contributed by atoms with E-state index in [1.165, 1.54) is 13.2 Å². The zero-order valence-electron chi connectivity index (χ0n) is 24.2. The van der Waals surface area contributed by atoms with Gasteiger partial charge in [-0.2, -0.15) is 0 Å². The van der Waals surface area contributed by atoms with Crippen LogP contribution in [0.3, 0.4) is 0 Å². The molecule has 2 unspecified atom stereocenters. The molecule has 2 aromatic carbocycles. The highest BCUT2D eigenvalue weighted by Gasteiger charge is 2.33. The first-order valence-electron chi connectivity index (χ1n) is 13.9. The molecule has 10 heteroatoms. The van der Waals surface area contributed by atoms with Crippen molar-refractivity contribution in [2.24, 2.45) is 11.8 Å². The van der Waals surface area contributed by atoms with Gasteiger partial charge in [0.05, 0.1) is 7.11 Å². The van der Waals surface area contributed by atoms with Crippen molar-refractivity contribution in [2.45, 2.75) is 77.9 Å². The molecule has 3 N–H and O–H groups in total. The first-order chi connectivity index (χ1) is 19.4. The molecular formula is C31H39F2N3O5. The van der Waals surface area contributed by atoms with Crippen molar-refractivity contribution < 1.29 is 32.7 Å². The standard InChI is InChI=1S/C31H39F2N3O5/c1-17(2)11-26(30(39)34-16-23-24(32)7-6-8-25(23)33)36-31(40)27(12-18(3)4)35-29(38)14-19-13-28(37)21-10-9-20(41-5)15-22(19)21/h6-10,15,17-19,26-27H,11-14,16H2,1-5H3,(H,34,39)(H,35,38)(H,36,40)/t19?,26-,27?/m1/s1. The van der Waals surface area contributed by atoms with Crippen LogP contribution in [0.15, 0.2) is 36.4 Å². The number of carbonyl (C=O) groups is 4. The van der Waals surface area contributed by atoms with Gasteiger partial charge in [0.25, 0.3) is 0 Å². The lowest BCUT2D eigenvalue weighted by Crippen LogP contribution is -2.54. The van der Waals surface area contributed by atoms with E-state index in [0.717, 1.165) is 17.7 Å². The Hall–Kier alpha value is -3.82. The first kappa shape index (κ1) is 31.7. The van der Waals surface area contributed by atoms with Crippen LogP contribution in [0.2, 0.25) is 0 Å². The van der Waals surface area contributed by atoms with Gasteiger partial charge in [-0.15, -0.1) is 0 Å². The van der Waals surface area contributed by atoms with Crippen LogP contribution < -0.4 is 20.7 Å². The Morgan fingerprint density at radius 2 is 1.54 bits per heavy atom. The van der Waals surface area contributed by atoms with Crippen LogP contribution in [0.5, 0.6) is 5.75 Å². The minimum absolute atomic E-state index is 0.0118. The average molecular weight is 572 g/mol. The molecule has 0 spiro atoms. The van der Waals surface area contributed by atoms with Crippen LogP contribution in [0.1, 0.15) is 80.8 Å². The van der Waals surface area contributed by atoms with E-state index in [4.69, 9.17) is 4.74 Å². The summed E-state index contributed by atoms with van der Waals surface area (Å²) in [5.41, 5.74) is 1.04. The van der Waals surface area contributed by atoms with Gasteiger partial charge in [0.15, 0.2) is 5.78 Å². The van der Waals surface area contributed by atoms with Crippen molar-refractivity contribution >= 4 is 23.5 Å². The summed E-state index contributed by atoms with van der Waals surface area (Å²) >= 11 is 0. The summed E-state index contributed by atoms with van der Waals surface area (Å²) < 4.78 is 33.3. The maximum Gasteiger partial charge on any atom is 0.243 e. The number of Topliss-reactive ketones (excluding diaryl/α,β-unsaturated/α-hetero) is 1. The zero-order chi connectivity index (χ0) is 30.3. The largest absolute Gasteiger partial charge is 0.497 e. The fourth-order valence-corrected chi connectivity index (χ4v) is 5.04. The number of halogens is 2. The van der Waals surface area contributed by atoms with E-state index in [1.807, 2.05) is 27.7 Å². The van der Waals surface area contributed by atoms with Gasteiger partial charge < -0.3 is 20.7 Å². The smallest absolute Gasteiger partial charge is 0.243 e. The van der Waals surface area contributed by atoms with Crippen LogP contribution in [0.25, 0.3) is 0 Å². The number of fused-ring (bicyclic) bond motifs is 1. The molecule has 1 aliphatic rings. The fraction of sp³-hybridized carbons (Fsp3) is 0.484. The average Bonchev–Trinajstić information content (AvgIpc) is 3.20. The Morgan fingerprint density at radius 3 is 2.12 bits per heavy atom. The summed E-state index contributed by atoms with van der Waals surface area (Å²) in [7, 11) is 1.53. The minimum Gasteiger partial charge on any atom is -0.497 e. The van der Waals surface area contributed by atoms with Gasteiger partial charge in [0.2, 0.25) is 17.7 Å². The summed E-state index contributed by atoms with van der Waals surface area (Å²) in [6, 6.07) is 6.72. The summed E-state index contributed by atoms with van der Waals surface area (Å²) in [5.74, 6) is -2.79. The normalized spacial score (nSPS) is 15.8. The molecule has 3 amide bonds. The highest BCUT2D eigenvalue weighted by molar-refractivity contribution is 6.02. The first-order valence-corrected chi connectivity index (χ1v) is 13.9. The lowest BCUT2D eigenvalue weighted by Gasteiger charge is -2.25. The summed E-state index contributed by atoms with van der Waals surface area (Å²) in [5, 5.41) is 8.05. The Labute approximate surface area is 239 Å². The number of rotatable bonds is 13. The number of methoxy groups -OCH3 is 1. The monoisotopic (exact) mass is 571 g/mol. The van der Waals surface area contributed by atoms with Gasteiger partial charge in [-0.05, 0) is 60.6 Å². The van der Waals surface area contributed by atoms with Crippen molar-refractivity contribution in [1.82, 2.24) is 16.0 Å². The van der Waals surface area contributed by atoms with Gasteiger partial charge in [-0.25, -0.2) is 8.78 Å². The molecule has 0 heterocycles. The predicted molar refractivity (Wildman–Crippen MR) is 150 cm³/mol. The van der Waals surface area contributed by atoms with E-state index in [0.29, 0.717) is 17.7 Å². The number of ketones is 1. The number of hydrogen-bond acceptors (Lipinski definition) is 5. The molecule has 0 aliphatic heterocycles. The lowest BCUT2D eigenvalue weighted by atomic mass is 9.96. The van der Waals surface area contributed by atoms with E-state index in [2.05, 4.69) is 16.0 Å². The van der Waals surface area contributed by atoms with Crippen LogP contribution in [-0.4, -0.2) is 42.7 Å². The second kappa shape index (κ2) is 14.2. The maximum atomic E-state index is 14.0. The summed E-state index contributed by atoms with van der Waals surface area (Å²) in [6.45, 7) is 7.20. The molecular weight excluding hydrogens is 532 g/mol.